The highest BCUT2D eigenvalue weighted by Crippen LogP contribution is 2.10. The topological polar surface area (TPSA) is 46.2 Å². The molecule has 0 radical (unpaired) electrons. The van der Waals surface area contributed by atoms with Gasteiger partial charge in [-0.05, 0) is 24.3 Å². The van der Waals surface area contributed by atoms with E-state index >= 15 is 0 Å². The van der Waals surface area contributed by atoms with E-state index < -0.39 is 10.8 Å². The Balaban J connectivity index is 2.41. The molecular formula is C11H14BrNO2S. The van der Waals surface area contributed by atoms with Gasteiger partial charge < -0.3 is 5.32 Å². The Kier molecular flexibility index (Phi) is 5.69. The minimum absolute atomic E-state index is 0.124. The predicted molar refractivity (Wildman–Crippen MR) is 70.0 cm³/mol. The Labute approximate surface area is 106 Å². The first-order valence-electron chi connectivity index (χ1n) is 5.02. The van der Waals surface area contributed by atoms with Crippen molar-refractivity contribution in [3.05, 3.63) is 34.3 Å². The van der Waals surface area contributed by atoms with Crippen LogP contribution in [0.1, 0.15) is 17.3 Å². The lowest BCUT2D eigenvalue weighted by Crippen LogP contribution is -2.27. The van der Waals surface area contributed by atoms with Crippen molar-refractivity contribution < 1.29 is 9.00 Å². The average molecular weight is 304 g/mol. The molecule has 16 heavy (non-hydrogen) atoms. The molecule has 5 heteroatoms. The van der Waals surface area contributed by atoms with Crippen LogP contribution in [0.4, 0.5) is 0 Å². The van der Waals surface area contributed by atoms with E-state index in [9.17, 15) is 9.00 Å². The minimum Gasteiger partial charge on any atom is -0.351 e. The lowest BCUT2D eigenvalue weighted by atomic mass is 10.2. The number of rotatable bonds is 5. The Morgan fingerprint density at radius 3 is 2.56 bits per heavy atom. The smallest absolute Gasteiger partial charge is 0.251 e. The summed E-state index contributed by atoms with van der Waals surface area (Å²) in [5.74, 6) is 1.02. The van der Waals surface area contributed by atoms with E-state index in [2.05, 4.69) is 21.2 Å². The van der Waals surface area contributed by atoms with Gasteiger partial charge in [0.05, 0.1) is 0 Å². The van der Waals surface area contributed by atoms with Gasteiger partial charge in [0, 0.05) is 38.9 Å². The molecule has 0 aliphatic rings. The fraction of sp³-hybridized carbons (Fsp3) is 0.364. The summed E-state index contributed by atoms with van der Waals surface area (Å²) in [6, 6.07) is 7.13. The number of carbonyl (C=O) groups excluding carboxylic acids is 1. The summed E-state index contributed by atoms with van der Waals surface area (Å²) in [6.07, 6.45) is 0. The molecule has 1 unspecified atom stereocenters. The highest BCUT2D eigenvalue weighted by molar-refractivity contribution is 9.10. The van der Waals surface area contributed by atoms with Crippen molar-refractivity contribution in [1.29, 1.82) is 0 Å². The van der Waals surface area contributed by atoms with Crippen LogP contribution < -0.4 is 5.32 Å². The normalized spacial score (nSPS) is 12.1. The largest absolute Gasteiger partial charge is 0.351 e. The molecule has 0 aliphatic heterocycles. The zero-order valence-electron chi connectivity index (χ0n) is 9.03. The number of amides is 1. The Bertz CT molecular complexity index is 378. The van der Waals surface area contributed by atoms with E-state index in [1.54, 1.807) is 12.1 Å². The second-order valence-electron chi connectivity index (χ2n) is 3.20. The lowest BCUT2D eigenvalue weighted by molar-refractivity contribution is 0.0956. The van der Waals surface area contributed by atoms with Gasteiger partial charge in [-0.15, -0.1) is 0 Å². The second kappa shape index (κ2) is 6.81. The van der Waals surface area contributed by atoms with Gasteiger partial charge in [0.15, 0.2) is 0 Å². The second-order valence-corrected chi connectivity index (χ2v) is 5.98. The SMILES string of the molecule is CCS(=O)CCNC(=O)c1ccc(Br)cc1. The summed E-state index contributed by atoms with van der Waals surface area (Å²) in [4.78, 5) is 11.6. The number of carbonyl (C=O) groups is 1. The molecule has 0 heterocycles. The van der Waals surface area contributed by atoms with E-state index in [1.165, 1.54) is 0 Å². The predicted octanol–water partition coefficient (Wildman–Crippen LogP) is 1.95. The van der Waals surface area contributed by atoms with Crippen molar-refractivity contribution >= 4 is 32.6 Å². The quantitative estimate of drug-likeness (QED) is 0.904. The molecule has 1 rings (SSSR count). The van der Waals surface area contributed by atoms with Crippen LogP contribution in [0.25, 0.3) is 0 Å². The molecule has 1 atom stereocenters. The summed E-state index contributed by atoms with van der Waals surface area (Å²) in [7, 11) is -0.826. The molecular weight excluding hydrogens is 290 g/mol. The maximum atomic E-state index is 11.6. The molecule has 0 saturated heterocycles. The third-order valence-corrected chi connectivity index (χ3v) is 3.88. The van der Waals surface area contributed by atoms with Gasteiger partial charge in [0.2, 0.25) is 0 Å². The molecule has 0 bridgehead atoms. The molecule has 0 spiro atoms. The monoisotopic (exact) mass is 303 g/mol. The minimum atomic E-state index is -0.826. The van der Waals surface area contributed by atoms with Crippen molar-refractivity contribution in [3.8, 4) is 0 Å². The van der Waals surface area contributed by atoms with Crippen LogP contribution in [0.15, 0.2) is 28.7 Å². The first kappa shape index (κ1) is 13.4. The summed E-state index contributed by atoms with van der Waals surface area (Å²) >= 11 is 3.30. The van der Waals surface area contributed by atoms with Crippen molar-refractivity contribution in [1.82, 2.24) is 5.32 Å². The molecule has 1 N–H and O–H groups in total. The molecule has 1 aromatic carbocycles. The van der Waals surface area contributed by atoms with E-state index in [0.717, 1.165) is 4.47 Å². The molecule has 3 nitrogen and oxygen atoms in total. The Morgan fingerprint density at radius 2 is 2.00 bits per heavy atom. The Morgan fingerprint density at radius 1 is 1.38 bits per heavy atom. The van der Waals surface area contributed by atoms with Crippen LogP contribution in [0.5, 0.6) is 0 Å². The van der Waals surface area contributed by atoms with Crippen LogP contribution in [0.3, 0.4) is 0 Å². The van der Waals surface area contributed by atoms with Crippen LogP contribution in [0.2, 0.25) is 0 Å². The molecule has 0 fully saturated rings. The van der Waals surface area contributed by atoms with Crippen molar-refractivity contribution in [2.24, 2.45) is 0 Å². The molecule has 1 amide bonds. The number of hydrogen-bond donors (Lipinski definition) is 1. The first-order valence-corrected chi connectivity index (χ1v) is 7.30. The first-order chi connectivity index (χ1) is 7.63. The highest BCUT2D eigenvalue weighted by Gasteiger charge is 2.04. The van der Waals surface area contributed by atoms with Gasteiger partial charge in [-0.1, -0.05) is 22.9 Å². The van der Waals surface area contributed by atoms with Crippen LogP contribution in [-0.4, -0.2) is 28.2 Å². The van der Waals surface area contributed by atoms with E-state index in [1.807, 2.05) is 19.1 Å². The Hall–Kier alpha value is -0.680. The van der Waals surface area contributed by atoms with Crippen LogP contribution in [-0.2, 0) is 10.8 Å². The number of hydrogen-bond acceptors (Lipinski definition) is 2. The fourth-order valence-corrected chi connectivity index (χ4v) is 2.01. The molecule has 0 saturated carbocycles. The van der Waals surface area contributed by atoms with Crippen molar-refractivity contribution in [3.63, 3.8) is 0 Å². The summed E-state index contributed by atoms with van der Waals surface area (Å²) in [6.45, 7) is 2.32. The van der Waals surface area contributed by atoms with Gasteiger partial charge in [0.25, 0.3) is 5.91 Å². The third-order valence-electron chi connectivity index (χ3n) is 2.04. The highest BCUT2D eigenvalue weighted by atomic mass is 79.9. The number of halogens is 1. The van der Waals surface area contributed by atoms with Gasteiger partial charge in [-0.3, -0.25) is 9.00 Å². The van der Waals surface area contributed by atoms with Crippen molar-refractivity contribution in [2.45, 2.75) is 6.92 Å². The van der Waals surface area contributed by atoms with Gasteiger partial charge >= 0.3 is 0 Å². The van der Waals surface area contributed by atoms with Gasteiger partial charge in [0.1, 0.15) is 0 Å². The average Bonchev–Trinajstić information content (AvgIpc) is 2.29. The van der Waals surface area contributed by atoms with Crippen LogP contribution >= 0.6 is 15.9 Å². The van der Waals surface area contributed by atoms with Crippen molar-refractivity contribution in [2.75, 3.05) is 18.1 Å². The number of benzene rings is 1. The van der Waals surface area contributed by atoms with E-state index in [4.69, 9.17) is 0 Å². The zero-order chi connectivity index (χ0) is 12.0. The lowest BCUT2D eigenvalue weighted by Gasteiger charge is -2.04. The molecule has 0 aliphatic carbocycles. The maximum absolute atomic E-state index is 11.6. The third kappa shape index (κ3) is 4.45. The molecule has 0 aromatic heterocycles. The van der Waals surface area contributed by atoms with E-state index in [0.29, 0.717) is 23.6 Å². The van der Waals surface area contributed by atoms with Crippen LogP contribution in [0, 0.1) is 0 Å². The van der Waals surface area contributed by atoms with Gasteiger partial charge in [-0.25, -0.2) is 0 Å². The fourth-order valence-electron chi connectivity index (χ4n) is 1.13. The summed E-state index contributed by atoms with van der Waals surface area (Å²) in [5, 5.41) is 2.74. The maximum Gasteiger partial charge on any atom is 0.251 e. The number of nitrogens with one attached hydrogen (secondary N) is 1. The summed E-state index contributed by atoms with van der Waals surface area (Å²) < 4.78 is 12.1. The van der Waals surface area contributed by atoms with E-state index in [-0.39, 0.29) is 5.91 Å². The standard InChI is InChI=1S/C11H14BrNO2S/c1-2-16(15)8-7-13-11(14)9-3-5-10(12)6-4-9/h3-6H,2,7-8H2,1H3,(H,13,14). The molecule has 88 valence electrons. The van der Waals surface area contributed by atoms with Gasteiger partial charge in [-0.2, -0.15) is 0 Å². The molecule has 1 aromatic rings. The summed E-state index contributed by atoms with van der Waals surface area (Å²) in [5.41, 5.74) is 0.616. The zero-order valence-corrected chi connectivity index (χ0v) is 11.4.